The Morgan fingerprint density at radius 1 is 1.33 bits per heavy atom. The normalized spacial score (nSPS) is 11.4. The van der Waals surface area contributed by atoms with Crippen LogP contribution in [0.5, 0.6) is 5.88 Å². The number of halogens is 3. The van der Waals surface area contributed by atoms with E-state index in [4.69, 9.17) is 10.00 Å². The van der Waals surface area contributed by atoms with Gasteiger partial charge in [0.15, 0.2) is 0 Å². The van der Waals surface area contributed by atoms with Crippen LogP contribution in [0.1, 0.15) is 37.9 Å². The summed E-state index contributed by atoms with van der Waals surface area (Å²) in [6, 6.07) is 3.63. The van der Waals surface area contributed by atoms with Crippen LogP contribution in [0, 0.1) is 11.3 Å². The zero-order valence-electron chi connectivity index (χ0n) is 10.1. The predicted octanol–water partition coefficient (Wildman–Crippen LogP) is 3.54. The van der Waals surface area contributed by atoms with Gasteiger partial charge in [-0.25, -0.2) is 4.98 Å². The van der Waals surface area contributed by atoms with E-state index in [1.807, 2.05) is 13.8 Å². The molecule has 18 heavy (non-hydrogen) atoms. The number of alkyl halides is 3. The van der Waals surface area contributed by atoms with E-state index in [0.717, 1.165) is 12.1 Å². The zero-order valence-corrected chi connectivity index (χ0v) is 10.1. The summed E-state index contributed by atoms with van der Waals surface area (Å²) >= 11 is 0. The predicted molar refractivity (Wildman–Crippen MR) is 59.0 cm³/mol. The molecule has 1 heterocycles. The van der Waals surface area contributed by atoms with Gasteiger partial charge in [-0.3, -0.25) is 0 Å². The maximum atomic E-state index is 12.5. The molecule has 1 aromatic heterocycles. The van der Waals surface area contributed by atoms with Gasteiger partial charge < -0.3 is 4.74 Å². The minimum Gasteiger partial charge on any atom is -0.473 e. The second-order valence-electron chi connectivity index (χ2n) is 3.72. The summed E-state index contributed by atoms with van der Waals surface area (Å²) in [5.74, 6) is -0.249. The lowest BCUT2D eigenvalue weighted by molar-refractivity contribution is -0.141. The van der Waals surface area contributed by atoms with Gasteiger partial charge >= 0.3 is 6.18 Å². The van der Waals surface area contributed by atoms with E-state index in [-0.39, 0.29) is 17.5 Å². The first kappa shape index (κ1) is 14.3. The first-order valence-corrected chi connectivity index (χ1v) is 5.57. The van der Waals surface area contributed by atoms with Crippen LogP contribution in [-0.4, -0.2) is 11.1 Å². The van der Waals surface area contributed by atoms with Gasteiger partial charge in [0.1, 0.15) is 17.3 Å². The van der Waals surface area contributed by atoms with Crippen molar-refractivity contribution in [3.05, 3.63) is 23.4 Å². The molecule has 0 atom stereocenters. The maximum Gasteiger partial charge on any atom is 0.433 e. The molecule has 6 heteroatoms. The highest BCUT2D eigenvalue weighted by molar-refractivity contribution is 5.39. The Labute approximate surface area is 103 Å². The fourth-order valence-corrected chi connectivity index (χ4v) is 1.39. The van der Waals surface area contributed by atoms with E-state index >= 15 is 0 Å². The standard InChI is InChI=1S/C12H13F3N2O/c1-3-9(4-2)18-11-8(7-16)5-6-10(17-11)12(13,14)15/h5-6,9H,3-4H2,1-2H3. The molecule has 0 aliphatic carbocycles. The van der Waals surface area contributed by atoms with Crippen molar-refractivity contribution in [2.24, 2.45) is 0 Å². The van der Waals surface area contributed by atoms with E-state index in [2.05, 4.69) is 4.98 Å². The van der Waals surface area contributed by atoms with Crippen molar-refractivity contribution in [2.75, 3.05) is 0 Å². The third-order valence-electron chi connectivity index (χ3n) is 2.46. The summed E-state index contributed by atoms with van der Waals surface area (Å²) in [7, 11) is 0. The van der Waals surface area contributed by atoms with Crippen LogP contribution in [0.2, 0.25) is 0 Å². The van der Waals surface area contributed by atoms with Crippen molar-refractivity contribution in [1.82, 2.24) is 4.98 Å². The molecule has 1 rings (SSSR count). The number of pyridine rings is 1. The molecule has 98 valence electrons. The molecule has 0 amide bonds. The van der Waals surface area contributed by atoms with Gasteiger partial charge in [-0.05, 0) is 25.0 Å². The third kappa shape index (κ3) is 3.36. The molecule has 0 aliphatic rings. The topological polar surface area (TPSA) is 45.9 Å². The van der Waals surface area contributed by atoms with E-state index in [0.29, 0.717) is 12.8 Å². The highest BCUT2D eigenvalue weighted by Crippen LogP contribution is 2.30. The number of hydrogen-bond acceptors (Lipinski definition) is 3. The molecule has 0 bridgehead atoms. The van der Waals surface area contributed by atoms with E-state index < -0.39 is 11.9 Å². The average molecular weight is 258 g/mol. The van der Waals surface area contributed by atoms with Gasteiger partial charge in [-0.15, -0.1) is 0 Å². The SMILES string of the molecule is CCC(CC)Oc1nc(C(F)(F)F)ccc1C#N. The van der Waals surface area contributed by atoms with Crippen molar-refractivity contribution in [3.63, 3.8) is 0 Å². The maximum absolute atomic E-state index is 12.5. The fourth-order valence-electron chi connectivity index (χ4n) is 1.39. The molecule has 0 aromatic carbocycles. The first-order chi connectivity index (χ1) is 8.42. The minimum absolute atomic E-state index is 0.00917. The Kier molecular flexibility index (Phi) is 4.54. The Morgan fingerprint density at radius 3 is 2.39 bits per heavy atom. The highest BCUT2D eigenvalue weighted by atomic mass is 19.4. The van der Waals surface area contributed by atoms with Gasteiger partial charge in [-0.2, -0.15) is 18.4 Å². The number of aromatic nitrogens is 1. The molecule has 1 aromatic rings. The van der Waals surface area contributed by atoms with Crippen LogP contribution in [0.15, 0.2) is 12.1 Å². The molecular formula is C12H13F3N2O. The first-order valence-electron chi connectivity index (χ1n) is 5.57. The van der Waals surface area contributed by atoms with Crippen LogP contribution in [-0.2, 0) is 6.18 Å². The molecule has 0 spiro atoms. The van der Waals surface area contributed by atoms with Gasteiger partial charge in [0, 0.05) is 0 Å². The summed E-state index contributed by atoms with van der Waals surface area (Å²) in [6.45, 7) is 3.71. The molecule has 0 N–H and O–H groups in total. The molecule has 0 saturated heterocycles. The van der Waals surface area contributed by atoms with Crippen LogP contribution < -0.4 is 4.74 Å². The lowest BCUT2D eigenvalue weighted by atomic mass is 10.2. The van der Waals surface area contributed by atoms with Crippen molar-refractivity contribution in [3.8, 4) is 11.9 Å². The number of hydrogen-bond donors (Lipinski definition) is 0. The van der Waals surface area contributed by atoms with E-state index in [9.17, 15) is 13.2 Å². The van der Waals surface area contributed by atoms with Crippen molar-refractivity contribution in [1.29, 1.82) is 5.26 Å². The number of rotatable bonds is 4. The quantitative estimate of drug-likeness (QED) is 0.829. The third-order valence-corrected chi connectivity index (χ3v) is 2.46. The van der Waals surface area contributed by atoms with Gasteiger partial charge in [-0.1, -0.05) is 13.8 Å². The molecule has 0 fully saturated rings. The monoisotopic (exact) mass is 258 g/mol. The summed E-state index contributed by atoms with van der Waals surface area (Å²) in [4.78, 5) is 3.38. The average Bonchev–Trinajstić information content (AvgIpc) is 2.34. The van der Waals surface area contributed by atoms with Crippen LogP contribution >= 0.6 is 0 Å². The summed E-state index contributed by atoms with van der Waals surface area (Å²) in [5, 5.41) is 8.82. The Hall–Kier alpha value is -1.77. The Bertz CT molecular complexity index is 448. The zero-order chi connectivity index (χ0) is 13.8. The second kappa shape index (κ2) is 5.71. The van der Waals surface area contributed by atoms with Gasteiger partial charge in [0.25, 0.3) is 0 Å². The van der Waals surface area contributed by atoms with Crippen LogP contribution in [0.3, 0.4) is 0 Å². The van der Waals surface area contributed by atoms with Crippen molar-refractivity contribution >= 4 is 0 Å². The lowest BCUT2D eigenvalue weighted by Gasteiger charge is -2.16. The summed E-state index contributed by atoms with van der Waals surface area (Å²) in [6.07, 6.45) is -3.51. The molecule has 0 saturated carbocycles. The smallest absolute Gasteiger partial charge is 0.433 e. The van der Waals surface area contributed by atoms with E-state index in [1.54, 1.807) is 6.07 Å². The fraction of sp³-hybridized carbons (Fsp3) is 0.500. The number of nitriles is 1. The minimum atomic E-state index is -4.54. The van der Waals surface area contributed by atoms with Gasteiger partial charge in [0.05, 0.1) is 6.10 Å². The van der Waals surface area contributed by atoms with Crippen molar-refractivity contribution in [2.45, 2.75) is 39.0 Å². The highest BCUT2D eigenvalue weighted by Gasteiger charge is 2.33. The van der Waals surface area contributed by atoms with E-state index in [1.165, 1.54) is 0 Å². The molecule has 3 nitrogen and oxygen atoms in total. The van der Waals surface area contributed by atoms with Gasteiger partial charge in [0.2, 0.25) is 5.88 Å². The van der Waals surface area contributed by atoms with Crippen LogP contribution in [0.25, 0.3) is 0 Å². The van der Waals surface area contributed by atoms with Crippen molar-refractivity contribution < 1.29 is 17.9 Å². The largest absolute Gasteiger partial charge is 0.473 e. The van der Waals surface area contributed by atoms with Crippen LogP contribution in [0.4, 0.5) is 13.2 Å². The lowest BCUT2D eigenvalue weighted by Crippen LogP contribution is -2.17. The molecule has 0 aliphatic heterocycles. The number of ether oxygens (including phenoxy) is 1. The Morgan fingerprint density at radius 2 is 1.94 bits per heavy atom. The summed E-state index contributed by atoms with van der Waals surface area (Å²) < 4.78 is 42.8. The summed E-state index contributed by atoms with van der Waals surface area (Å²) in [5.41, 5.74) is -1.04. The molecule has 0 radical (unpaired) electrons. The molecular weight excluding hydrogens is 245 g/mol. The Balaban J connectivity index is 3.11. The number of nitrogens with zero attached hydrogens (tertiary/aromatic N) is 2. The molecule has 0 unspecified atom stereocenters. The second-order valence-corrected chi connectivity index (χ2v) is 3.72.